The standard InChI is InChI=1S/C17H21N3O2S/c1-3-13-4-6-14(7-5-13)17(21)20-8-9-23(22)12-16(20)15-10-18-19(2)11-15/h4-7,10-11,16H,3,8-9,12H2,1-2H3/t16-,23-/m1/s1. The van der Waals surface area contributed by atoms with Gasteiger partial charge in [0.2, 0.25) is 0 Å². The maximum atomic E-state index is 12.9. The van der Waals surface area contributed by atoms with E-state index in [-0.39, 0.29) is 11.9 Å². The van der Waals surface area contributed by atoms with E-state index in [4.69, 9.17) is 0 Å². The van der Waals surface area contributed by atoms with Crippen molar-refractivity contribution in [2.45, 2.75) is 19.4 Å². The van der Waals surface area contributed by atoms with Crippen LogP contribution in [0.5, 0.6) is 0 Å². The molecule has 23 heavy (non-hydrogen) atoms. The molecule has 2 atom stereocenters. The van der Waals surface area contributed by atoms with Crippen LogP contribution in [0.2, 0.25) is 0 Å². The van der Waals surface area contributed by atoms with Gasteiger partial charge in [0.15, 0.2) is 0 Å². The lowest BCUT2D eigenvalue weighted by atomic mass is 10.1. The molecule has 0 unspecified atom stereocenters. The normalized spacial score (nSPS) is 21.4. The molecule has 1 aromatic heterocycles. The predicted octanol–water partition coefficient (Wildman–Crippen LogP) is 1.93. The lowest BCUT2D eigenvalue weighted by Gasteiger charge is -2.35. The van der Waals surface area contributed by atoms with Crippen LogP contribution >= 0.6 is 0 Å². The quantitative estimate of drug-likeness (QED) is 0.863. The first-order chi connectivity index (χ1) is 11.1. The minimum atomic E-state index is -0.891. The third-order valence-corrected chi connectivity index (χ3v) is 5.58. The van der Waals surface area contributed by atoms with Gasteiger partial charge < -0.3 is 4.90 Å². The third kappa shape index (κ3) is 3.37. The van der Waals surface area contributed by atoms with E-state index in [1.807, 2.05) is 42.4 Å². The Morgan fingerprint density at radius 2 is 2.09 bits per heavy atom. The molecule has 2 heterocycles. The van der Waals surface area contributed by atoms with Gasteiger partial charge in [-0.15, -0.1) is 0 Å². The fourth-order valence-corrected chi connectivity index (χ4v) is 4.18. The number of hydrogen-bond acceptors (Lipinski definition) is 3. The topological polar surface area (TPSA) is 55.2 Å². The summed E-state index contributed by atoms with van der Waals surface area (Å²) in [6.07, 6.45) is 4.61. The summed E-state index contributed by atoms with van der Waals surface area (Å²) in [5, 5.41) is 4.19. The van der Waals surface area contributed by atoms with E-state index < -0.39 is 10.8 Å². The van der Waals surface area contributed by atoms with Crippen LogP contribution in [0.25, 0.3) is 0 Å². The van der Waals surface area contributed by atoms with Gasteiger partial charge in [0.05, 0.1) is 12.2 Å². The summed E-state index contributed by atoms with van der Waals surface area (Å²) in [5.74, 6) is 1.01. The summed E-state index contributed by atoms with van der Waals surface area (Å²) in [7, 11) is 0.955. The monoisotopic (exact) mass is 331 g/mol. The van der Waals surface area contributed by atoms with E-state index in [0.717, 1.165) is 12.0 Å². The second-order valence-electron chi connectivity index (χ2n) is 5.82. The molecule has 0 spiro atoms. The van der Waals surface area contributed by atoms with E-state index in [1.165, 1.54) is 5.56 Å². The lowest BCUT2D eigenvalue weighted by Crippen LogP contribution is -2.44. The number of hydrogen-bond donors (Lipinski definition) is 0. The molecule has 1 aliphatic heterocycles. The van der Waals surface area contributed by atoms with Crippen LogP contribution in [0.3, 0.4) is 0 Å². The van der Waals surface area contributed by atoms with Crippen molar-refractivity contribution in [3.8, 4) is 0 Å². The highest BCUT2D eigenvalue weighted by molar-refractivity contribution is 7.85. The van der Waals surface area contributed by atoms with Crippen LogP contribution in [0.4, 0.5) is 0 Å². The Morgan fingerprint density at radius 3 is 2.70 bits per heavy atom. The van der Waals surface area contributed by atoms with Gasteiger partial charge in [-0.3, -0.25) is 13.7 Å². The molecule has 0 N–H and O–H groups in total. The summed E-state index contributed by atoms with van der Waals surface area (Å²) in [6, 6.07) is 7.58. The fraction of sp³-hybridized carbons (Fsp3) is 0.412. The average molecular weight is 331 g/mol. The first kappa shape index (κ1) is 15.9. The Hall–Kier alpha value is -1.95. The van der Waals surface area contributed by atoms with Gasteiger partial charge in [-0.05, 0) is 24.1 Å². The second kappa shape index (κ2) is 6.66. The zero-order valence-electron chi connectivity index (χ0n) is 13.4. The SMILES string of the molecule is CCc1ccc(C(=O)N2CC[S@@](=O)C[C@@H]2c2cnn(C)c2)cc1. The van der Waals surface area contributed by atoms with Gasteiger partial charge >= 0.3 is 0 Å². The number of carbonyl (C=O) groups is 1. The molecule has 1 aromatic carbocycles. The zero-order valence-corrected chi connectivity index (χ0v) is 14.3. The Balaban J connectivity index is 1.87. The van der Waals surface area contributed by atoms with E-state index in [0.29, 0.717) is 23.6 Å². The number of benzene rings is 1. The first-order valence-electron chi connectivity index (χ1n) is 7.82. The molecular formula is C17H21N3O2S. The minimum Gasteiger partial charge on any atom is -0.330 e. The summed E-state index contributed by atoms with van der Waals surface area (Å²) in [5.41, 5.74) is 2.84. The smallest absolute Gasteiger partial charge is 0.254 e. The van der Waals surface area contributed by atoms with E-state index in [2.05, 4.69) is 12.0 Å². The molecule has 1 amide bonds. The highest BCUT2D eigenvalue weighted by Crippen LogP contribution is 2.27. The van der Waals surface area contributed by atoms with Crippen molar-refractivity contribution in [3.63, 3.8) is 0 Å². The summed E-state index contributed by atoms with van der Waals surface area (Å²) < 4.78 is 13.7. The fourth-order valence-electron chi connectivity index (χ4n) is 2.89. The number of aryl methyl sites for hydroxylation is 2. The Labute approximate surface area is 138 Å². The molecule has 1 saturated heterocycles. The van der Waals surface area contributed by atoms with Crippen LogP contribution in [0.1, 0.15) is 34.5 Å². The van der Waals surface area contributed by atoms with Gasteiger partial charge in [0, 0.05) is 53.2 Å². The van der Waals surface area contributed by atoms with Crippen molar-refractivity contribution >= 4 is 16.7 Å². The molecule has 1 aliphatic rings. The molecule has 3 rings (SSSR count). The van der Waals surface area contributed by atoms with Gasteiger partial charge in [-0.1, -0.05) is 19.1 Å². The van der Waals surface area contributed by atoms with Crippen molar-refractivity contribution in [3.05, 3.63) is 53.3 Å². The number of aromatic nitrogens is 2. The van der Waals surface area contributed by atoms with Crippen LogP contribution in [0.15, 0.2) is 36.7 Å². The summed E-state index contributed by atoms with van der Waals surface area (Å²) >= 11 is 0. The molecule has 0 saturated carbocycles. The molecule has 1 fully saturated rings. The molecule has 2 aromatic rings. The Kier molecular flexibility index (Phi) is 4.61. The minimum absolute atomic E-state index is 0.00166. The van der Waals surface area contributed by atoms with E-state index in [9.17, 15) is 9.00 Å². The van der Waals surface area contributed by atoms with Crippen LogP contribution in [-0.4, -0.2) is 42.8 Å². The Morgan fingerprint density at radius 1 is 1.35 bits per heavy atom. The molecule has 122 valence electrons. The van der Waals surface area contributed by atoms with Crippen LogP contribution in [0, 0.1) is 0 Å². The maximum absolute atomic E-state index is 12.9. The molecule has 0 aliphatic carbocycles. The molecule has 0 radical (unpaired) electrons. The van der Waals surface area contributed by atoms with E-state index in [1.54, 1.807) is 10.9 Å². The van der Waals surface area contributed by atoms with Gasteiger partial charge in [0.25, 0.3) is 5.91 Å². The van der Waals surface area contributed by atoms with Crippen LogP contribution in [-0.2, 0) is 24.3 Å². The number of amides is 1. The van der Waals surface area contributed by atoms with Crippen molar-refractivity contribution in [2.75, 3.05) is 18.1 Å². The van der Waals surface area contributed by atoms with Crippen molar-refractivity contribution in [1.82, 2.24) is 14.7 Å². The Bertz CT molecular complexity index is 724. The van der Waals surface area contributed by atoms with Crippen molar-refractivity contribution in [2.24, 2.45) is 7.05 Å². The first-order valence-corrected chi connectivity index (χ1v) is 9.30. The van der Waals surface area contributed by atoms with Crippen LogP contribution < -0.4 is 0 Å². The third-order valence-electron chi connectivity index (χ3n) is 4.26. The molecular weight excluding hydrogens is 310 g/mol. The largest absolute Gasteiger partial charge is 0.330 e. The molecule has 5 nitrogen and oxygen atoms in total. The average Bonchev–Trinajstić information content (AvgIpc) is 3.00. The number of nitrogens with zero attached hydrogens (tertiary/aromatic N) is 3. The molecule has 6 heteroatoms. The van der Waals surface area contributed by atoms with Crippen molar-refractivity contribution < 1.29 is 9.00 Å². The highest BCUT2D eigenvalue weighted by Gasteiger charge is 2.32. The number of rotatable bonds is 3. The van der Waals surface area contributed by atoms with Crippen molar-refractivity contribution in [1.29, 1.82) is 0 Å². The molecule has 0 bridgehead atoms. The van der Waals surface area contributed by atoms with Gasteiger partial charge in [-0.25, -0.2) is 0 Å². The predicted molar refractivity (Wildman–Crippen MR) is 90.7 cm³/mol. The zero-order chi connectivity index (χ0) is 16.4. The lowest BCUT2D eigenvalue weighted by molar-refractivity contribution is 0.0699. The highest BCUT2D eigenvalue weighted by atomic mass is 32.2. The van der Waals surface area contributed by atoms with Gasteiger partial charge in [-0.2, -0.15) is 5.10 Å². The summed E-state index contributed by atoms with van der Waals surface area (Å²) in [4.78, 5) is 14.7. The van der Waals surface area contributed by atoms with E-state index >= 15 is 0 Å². The summed E-state index contributed by atoms with van der Waals surface area (Å²) in [6.45, 7) is 2.61. The number of carbonyl (C=O) groups excluding carboxylic acids is 1. The van der Waals surface area contributed by atoms with Gasteiger partial charge in [0.1, 0.15) is 0 Å². The maximum Gasteiger partial charge on any atom is 0.254 e. The second-order valence-corrected chi connectivity index (χ2v) is 7.44.